The van der Waals surface area contributed by atoms with Crippen LogP contribution in [-0.4, -0.2) is 0 Å². The van der Waals surface area contributed by atoms with Crippen LogP contribution in [0.15, 0.2) is 261 Å². The SMILES string of the molecule is Cc1ccc(-c2ccc(N(c3ccccc3)c3ccc(-c4ccc(N(c5ccccc5)c5ccc(-c6ccc(N(c7ccccc7)c7ccc(-c8ccc(C)s8)cc7)cc6)cc5)cc4)cc3)cc2)s1. The standard InChI is InChI=1S/C64H49N3S2/c1-46-18-44-63(68-46)52-28-40-61(41-29-52)66(55-14-8-4-9-15-55)59-36-24-50(25-37-59)48-20-32-57(33-21-48)65(54-12-6-3-7-13-54)58-34-22-49(23-35-58)51-26-38-60(39-27-51)67(56-16-10-5-11-17-56)62-42-30-53(31-43-62)64-45-19-47(2)69-64/h3-45H,1-2H3. The minimum atomic E-state index is 1.09. The molecule has 2 aromatic heterocycles. The van der Waals surface area contributed by atoms with Crippen molar-refractivity contribution in [1.29, 1.82) is 0 Å². The van der Waals surface area contributed by atoms with Gasteiger partial charge in [-0.1, -0.05) is 127 Å². The van der Waals surface area contributed by atoms with Crippen LogP contribution in [0.2, 0.25) is 0 Å². The molecule has 0 amide bonds. The molecule has 0 bridgehead atoms. The van der Waals surface area contributed by atoms with Gasteiger partial charge in [0, 0.05) is 70.7 Å². The minimum absolute atomic E-state index is 1.09. The molecule has 0 aliphatic heterocycles. The van der Waals surface area contributed by atoms with E-state index in [9.17, 15) is 0 Å². The van der Waals surface area contributed by atoms with Crippen LogP contribution in [0.5, 0.6) is 0 Å². The van der Waals surface area contributed by atoms with Gasteiger partial charge in [-0.3, -0.25) is 0 Å². The lowest BCUT2D eigenvalue weighted by Crippen LogP contribution is -2.10. The van der Waals surface area contributed by atoms with E-state index >= 15 is 0 Å². The molecule has 0 aliphatic rings. The first-order chi connectivity index (χ1) is 34.0. The number of anilines is 9. The number of hydrogen-bond donors (Lipinski definition) is 0. The van der Waals surface area contributed by atoms with Crippen LogP contribution < -0.4 is 14.7 Å². The number of rotatable bonds is 13. The number of thiophene rings is 2. The van der Waals surface area contributed by atoms with Crippen molar-refractivity contribution in [2.75, 3.05) is 14.7 Å². The molecule has 0 N–H and O–H groups in total. The average Bonchev–Trinajstić information content (AvgIpc) is 4.07. The van der Waals surface area contributed by atoms with Crippen LogP contribution in [0.1, 0.15) is 9.75 Å². The topological polar surface area (TPSA) is 9.72 Å². The molecule has 3 nitrogen and oxygen atoms in total. The molecule has 0 saturated heterocycles. The summed E-state index contributed by atoms with van der Waals surface area (Å²) in [5.41, 5.74) is 17.1. The van der Waals surface area contributed by atoms with Gasteiger partial charge in [-0.15, -0.1) is 22.7 Å². The Morgan fingerprint density at radius 2 is 0.406 bits per heavy atom. The van der Waals surface area contributed by atoms with Gasteiger partial charge >= 0.3 is 0 Å². The van der Waals surface area contributed by atoms with E-state index in [2.05, 4.69) is 289 Å². The Labute approximate surface area is 413 Å². The number of benzene rings is 9. The van der Waals surface area contributed by atoms with Gasteiger partial charge in [0.2, 0.25) is 0 Å². The fraction of sp³-hybridized carbons (Fsp3) is 0.0312. The molecule has 332 valence electrons. The third-order valence-electron chi connectivity index (χ3n) is 12.5. The zero-order valence-corrected chi connectivity index (χ0v) is 40.1. The van der Waals surface area contributed by atoms with Crippen molar-refractivity contribution in [1.82, 2.24) is 0 Å². The summed E-state index contributed by atoms with van der Waals surface area (Å²) in [6.45, 7) is 4.32. The van der Waals surface area contributed by atoms with Crippen LogP contribution in [0.3, 0.4) is 0 Å². The maximum absolute atomic E-state index is 2.32. The highest BCUT2D eigenvalue weighted by atomic mass is 32.1. The normalized spacial score (nSPS) is 11.0. The van der Waals surface area contributed by atoms with Crippen LogP contribution >= 0.6 is 22.7 Å². The molecule has 0 aliphatic carbocycles. The minimum Gasteiger partial charge on any atom is -0.311 e. The summed E-state index contributed by atoms with van der Waals surface area (Å²) in [7, 11) is 0. The Hall–Kier alpha value is -8.22. The maximum Gasteiger partial charge on any atom is 0.0462 e. The second-order valence-electron chi connectivity index (χ2n) is 17.1. The van der Waals surface area contributed by atoms with Crippen molar-refractivity contribution in [3.05, 3.63) is 271 Å². The number of hydrogen-bond acceptors (Lipinski definition) is 5. The van der Waals surface area contributed by atoms with E-state index in [-0.39, 0.29) is 0 Å². The fourth-order valence-corrected chi connectivity index (χ4v) is 10.8. The Kier molecular flexibility index (Phi) is 12.3. The third kappa shape index (κ3) is 9.39. The van der Waals surface area contributed by atoms with Crippen LogP contribution in [0.25, 0.3) is 43.1 Å². The highest BCUT2D eigenvalue weighted by Gasteiger charge is 2.17. The molecule has 0 radical (unpaired) electrons. The van der Waals surface area contributed by atoms with E-state index in [1.807, 2.05) is 22.7 Å². The number of para-hydroxylation sites is 3. The second-order valence-corrected chi connectivity index (χ2v) is 19.7. The highest BCUT2D eigenvalue weighted by Crippen LogP contribution is 2.41. The lowest BCUT2D eigenvalue weighted by atomic mass is 10.0. The van der Waals surface area contributed by atoms with Gasteiger partial charge in [0.15, 0.2) is 0 Å². The summed E-state index contributed by atoms with van der Waals surface area (Å²) < 4.78 is 0. The molecule has 0 atom stereocenters. The molecular weight excluding hydrogens is 875 g/mol. The molecule has 9 aromatic carbocycles. The van der Waals surface area contributed by atoms with Gasteiger partial charge in [0.25, 0.3) is 0 Å². The van der Waals surface area contributed by atoms with Crippen LogP contribution in [0, 0.1) is 13.8 Å². The molecule has 0 saturated carbocycles. The predicted octanol–water partition coefficient (Wildman–Crippen LogP) is 19.5. The Morgan fingerprint density at radius 3 is 0.609 bits per heavy atom. The molecule has 0 spiro atoms. The zero-order valence-electron chi connectivity index (χ0n) is 38.5. The zero-order chi connectivity index (χ0) is 46.5. The van der Waals surface area contributed by atoms with Gasteiger partial charge in [-0.25, -0.2) is 0 Å². The van der Waals surface area contributed by atoms with Gasteiger partial charge < -0.3 is 14.7 Å². The van der Waals surface area contributed by atoms with E-state index in [0.29, 0.717) is 0 Å². The van der Waals surface area contributed by atoms with E-state index in [4.69, 9.17) is 0 Å². The van der Waals surface area contributed by atoms with Crippen molar-refractivity contribution in [2.24, 2.45) is 0 Å². The Balaban J connectivity index is 0.834. The summed E-state index contributed by atoms with van der Waals surface area (Å²) in [5, 5.41) is 0. The third-order valence-corrected chi connectivity index (χ3v) is 14.6. The van der Waals surface area contributed by atoms with Gasteiger partial charge in [-0.05, 0) is 181 Å². The largest absolute Gasteiger partial charge is 0.311 e. The summed E-state index contributed by atoms with van der Waals surface area (Å²) in [6, 6.07) is 94.1. The quantitative estimate of drug-likeness (QED) is 0.114. The fourth-order valence-electron chi connectivity index (χ4n) is 9.01. The van der Waals surface area contributed by atoms with E-state index in [1.54, 1.807) is 0 Å². The highest BCUT2D eigenvalue weighted by molar-refractivity contribution is 7.15. The summed E-state index contributed by atoms with van der Waals surface area (Å²) in [6.07, 6.45) is 0. The molecular formula is C64H49N3S2. The molecule has 5 heteroatoms. The van der Waals surface area contributed by atoms with Crippen LogP contribution in [-0.2, 0) is 0 Å². The molecule has 2 heterocycles. The smallest absolute Gasteiger partial charge is 0.0462 e. The van der Waals surface area contributed by atoms with Gasteiger partial charge in [0.1, 0.15) is 0 Å². The summed E-state index contributed by atoms with van der Waals surface area (Å²) in [4.78, 5) is 12.2. The monoisotopic (exact) mass is 923 g/mol. The van der Waals surface area contributed by atoms with Gasteiger partial charge in [-0.2, -0.15) is 0 Å². The van der Waals surface area contributed by atoms with Crippen molar-refractivity contribution >= 4 is 73.9 Å². The first kappa shape index (κ1) is 43.4. The Morgan fingerprint density at radius 1 is 0.203 bits per heavy atom. The van der Waals surface area contributed by atoms with E-state index in [1.165, 1.54) is 30.6 Å². The molecule has 0 unspecified atom stereocenters. The van der Waals surface area contributed by atoms with Crippen molar-refractivity contribution in [3.8, 4) is 43.1 Å². The van der Waals surface area contributed by atoms with Crippen molar-refractivity contribution < 1.29 is 0 Å². The van der Waals surface area contributed by atoms with E-state index < -0.39 is 0 Å². The second kappa shape index (κ2) is 19.6. The summed E-state index contributed by atoms with van der Waals surface area (Å²) >= 11 is 3.66. The molecule has 11 aromatic rings. The predicted molar refractivity (Wildman–Crippen MR) is 297 cm³/mol. The molecule has 0 fully saturated rings. The average molecular weight is 924 g/mol. The number of aryl methyl sites for hydroxylation is 2. The molecule has 11 rings (SSSR count). The lowest BCUT2D eigenvalue weighted by molar-refractivity contribution is 1.28. The summed E-state index contributed by atoms with van der Waals surface area (Å²) in [5.74, 6) is 0. The van der Waals surface area contributed by atoms with Crippen molar-refractivity contribution in [2.45, 2.75) is 13.8 Å². The van der Waals surface area contributed by atoms with Gasteiger partial charge in [0.05, 0.1) is 0 Å². The number of nitrogens with zero attached hydrogens (tertiary/aromatic N) is 3. The maximum atomic E-state index is 2.32. The lowest BCUT2D eigenvalue weighted by Gasteiger charge is -2.26. The van der Waals surface area contributed by atoms with E-state index in [0.717, 1.165) is 73.4 Å². The first-order valence-electron chi connectivity index (χ1n) is 23.3. The van der Waals surface area contributed by atoms with Crippen molar-refractivity contribution in [3.63, 3.8) is 0 Å². The molecule has 69 heavy (non-hydrogen) atoms. The van der Waals surface area contributed by atoms with Crippen LogP contribution in [0.4, 0.5) is 51.2 Å². The Bertz CT molecular complexity index is 3190. The first-order valence-corrected chi connectivity index (χ1v) is 24.9.